The summed E-state index contributed by atoms with van der Waals surface area (Å²) in [6.07, 6.45) is 0. The number of aryl methyl sites for hydroxylation is 2. The molecule has 2 atom stereocenters. The maximum atomic E-state index is 12.4. The first-order chi connectivity index (χ1) is 10.8. The van der Waals surface area contributed by atoms with Crippen LogP contribution in [0.15, 0.2) is 53.4 Å². The molecule has 0 fully saturated rings. The minimum absolute atomic E-state index is 0.108. The van der Waals surface area contributed by atoms with Crippen LogP contribution in [0.3, 0.4) is 0 Å². The van der Waals surface area contributed by atoms with Gasteiger partial charge in [0.2, 0.25) is 10.0 Å². The van der Waals surface area contributed by atoms with Crippen molar-refractivity contribution >= 4 is 21.6 Å². The van der Waals surface area contributed by atoms with E-state index in [2.05, 4.69) is 4.72 Å². The molecule has 0 saturated heterocycles. The molecule has 2 aromatic rings. The number of alkyl halides is 1. The normalized spacial score (nSPS) is 14.0. The van der Waals surface area contributed by atoms with E-state index in [0.717, 1.165) is 11.1 Å². The first kappa shape index (κ1) is 17.5. The first-order valence-electron chi connectivity index (χ1n) is 7.03. The summed E-state index contributed by atoms with van der Waals surface area (Å²) in [4.78, 5) is 0.108. The first-order valence-corrected chi connectivity index (χ1v) is 8.95. The molecule has 0 spiro atoms. The summed E-state index contributed by atoms with van der Waals surface area (Å²) >= 11 is 6.29. The van der Waals surface area contributed by atoms with Gasteiger partial charge in [0.15, 0.2) is 0 Å². The average Bonchev–Trinajstić information content (AvgIpc) is 2.53. The molecule has 0 aliphatic heterocycles. The second kappa shape index (κ2) is 7.14. The Hall–Kier alpha value is -1.87. The van der Waals surface area contributed by atoms with Gasteiger partial charge in [0, 0.05) is 0 Å². The molecule has 0 radical (unpaired) electrons. The highest BCUT2D eigenvalue weighted by atomic mass is 35.5. The molecular formula is C17H17ClN2O2S. The quantitative estimate of drug-likeness (QED) is 0.841. The van der Waals surface area contributed by atoms with Crippen LogP contribution in [0.1, 0.15) is 22.1 Å². The summed E-state index contributed by atoms with van der Waals surface area (Å²) in [6, 6.07) is 14.6. The number of hydrogen-bond donors (Lipinski definition) is 1. The zero-order valence-corrected chi connectivity index (χ0v) is 14.4. The Balaban J connectivity index is 2.23. The zero-order valence-electron chi connectivity index (χ0n) is 12.8. The van der Waals surface area contributed by atoms with E-state index >= 15 is 0 Å². The number of nitriles is 1. The Morgan fingerprint density at radius 1 is 1.00 bits per heavy atom. The van der Waals surface area contributed by atoms with Crippen molar-refractivity contribution in [2.45, 2.75) is 30.2 Å². The Morgan fingerprint density at radius 2 is 1.48 bits per heavy atom. The van der Waals surface area contributed by atoms with Gasteiger partial charge in [0.05, 0.1) is 16.3 Å². The monoisotopic (exact) mass is 348 g/mol. The van der Waals surface area contributed by atoms with E-state index < -0.39 is 21.4 Å². The van der Waals surface area contributed by atoms with Gasteiger partial charge in [0.1, 0.15) is 6.04 Å². The van der Waals surface area contributed by atoms with Crippen LogP contribution < -0.4 is 4.72 Å². The topological polar surface area (TPSA) is 70.0 Å². The highest BCUT2D eigenvalue weighted by Gasteiger charge is 2.26. The second-order valence-electron chi connectivity index (χ2n) is 5.35. The van der Waals surface area contributed by atoms with E-state index in [9.17, 15) is 13.7 Å². The maximum absolute atomic E-state index is 12.4. The van der Waals surface area contributed by atoms with E-state index in [1.165, 1.54) is 12.1 Å². The predicted molar refractivity (Wildman–Crippen MR) is 90.7 cm³/mol. The molecule has 6 heteroatoms. The van der Waals surface area contributed by atoms with Gasteiger partial charge in [-0.15, -0.1) is 11.6 Å². The third-order valence-corrected chi connectivity index (χ3v) is 5.40. The molecule has 0 unspecified atom stereocenters. The molecule has 0 heterocycles. The van der Waals surface area contributed by atoms with Gasteiger partial charge in [-0.3, -0.25) is 0 Å². The Labute approximate surface area is 141 Å². The maximum Gasteiger partial charge on any atom is 0.241 e. The molecule has 0 aromatic heterocycles. The van der Waals surface area contributed by atoms with Crippen LogP contribution in [0.2, 0.25) is 0 Å². The van der Waals surface area contributed by atoms with E-state index in [0.29, 0.717) is 5.56 Å². The molecule has 0 saturated carbocycles. The number of hydrogen-bond acceptors (Lipinski definition) is 3. The van der Waals surface area contributed by atoms with Gasteiger partial charge in [-0.05, 0) is 31.5 Å². The fraction of sp³-hybridized carbons (Fsp3) is 0.235. The van der Waals surface area contributed by atoms with Crippen molar-refractivity contribution in [3.05, 3.63) is 65.2 Å². The zero-order chi connectivity index (χ0) is 17.0. The number of halogens is 1. The van der Waals surface area contributed by atoms with Gasteiger partial charge in [-0.1, -0.05) is 47.5 Å². The van der Waals surface area contributed by atoms with Gasteiger partial charge in [0.25, 0.3) is 0 Å². The number of sulfonamides is 1. The highest BCUT2D eigenvalue weighted by Crippen LogP contribution is 2.25. The molecule has 0 bridgehead atoms. The second-order valence-corrected chi connectivity index (χ2v) is 7.54. The van der Waals surface area contributed by atoms with E-state index in [4.69, 9.17) is 11.6 Å². The summed E-state index contributed by atoms with van der Waals surface area (Å²) in [5.41, 5.74) is 2.71. The third-order valence-electron chi connectivity index (χ3n) is 3.44. The van der Waals surface area contributed by atoms with Crippen LogP contribution in [-0.4, -0.2) is 14.5 Å². The van der Waals surface area contributed by atoms with Gasteiger partial charge in [-0.2, -0.15) is 9.98 Å². The highest BCUT2D eigenvalue weighted by molar-refractivity contribution is 7.89. The molecule has 23 heavy (non-hydrogen) atoms. The van der Waals surface area contributed by atoms with Crippen LogP contribution in [0.4, 0.5) is 0 Å². The van der Waals surface area contributed by atoms with Crippen LogP contribution >= 0.6 is 11.6 Å². The van der Waals surface area contributed by atoms with Crippen molar-refractivity contribution in [1.29, 1.82) is 5.26 Å². The fourth-order valence-corrected chi connectivity index (χ4v) is 3.54. The molecule has 120 valence electrons. The minimum atomic E-state index is -3.81. The van der Waals surface area contributed by atoms with Crippen molar-refractivity contribution in [3.63, 3.8) is 0 Å². The minimum Gasteiger partial charge on any atom is -0.207 e. The van der Waals surface area contributed by atoms with Crippen molar-refractivity contribution in [3.8, 4) is 6.07 Å². The SMILES string of the molecule is Cc1ccc([C@@H](Cl)[C@H](C#N)NS(=O)(=O)c2ccc(C)cc2)cc1. The Morgan fingerprint density at radius 3 is 1.96 bits per heavy atom. The third kappa shape index (κ3) is 4.32. The van der Waals surface area contributed by atoms with Crippen molar-refractivity contribution in [2.24, 2.45) is 0 Å². The lowest BCUT2D eigenvalue weighted by Crippen LogP contribution is -2.36. The van der Waals surface area contributed by atoms with Crippen molar-refractivity contribution in [2.75, 3.05) is 0 Å². The lowest BCUT2D eigenvalue weighted by atomic mass is 10.1. The van der Waals surface area contributed by atoms with Crippen LogP contribution in [0.25, 0.3) is 0 Å². The molecule has 1 N–H and O–H groups in total. The molecule has 2 rings (SSSR count). The fourth-order valence-electron chi connectivity index (χ4n) is 2.05. The molecular weight excluding hydrogens is 332 g/mol. The summed E-state index contributed by atoms with van der Waals surface area (Å²) < 4.78 is 27.1. The standard InChI is InChI=1S/C17H17ClN2O2S/c1-12-3-7-14(8-4-12)17(18)16(11-19)20-23(21,22)15-9-5-13(2)6-10-15/h3-10,16-17,20H,1-2H3/t16-,17+/m0/s1. The van der Waals surface area contributed by atoms with Crippen molar-refractivity contribution < 1.29 is 8.42 Å². The summed E-state index contributed by atoms with van der Waals surface area (Å²) in [6.45, 7) is 3.81. The van der Waals surface area contributed by atoms with E-state index in [1.807, 2.05) is 32.0 Å². The number of nitrogens with one attached hydrogen (secondary N) is 1. The Kier molecular flexibility index (Phi) is 5.42. The van der Waals surface area contributed by atoms with Gasteiger partial charge < -0.3 is 0 Å². The summed E-state index contributed by atoms with van der Waals surface area (Å²) in [7, 11) is -3.81. The summed E-state index contributed by atoms with van der Waals surface area (Å²) in [5.74, 6) is 0. The number of benzene rings is 2. The lowest BCUT2D eigenvalue weighted by molar-refractivity contribution is 0.569. The van der Waals surface area contributed by atoms with Crippen LogP contribution in [0, 0.1) is 25.2 Å². The number of nitrogens with zero attached hydrogens (tertiary/aromatic N) is 1. The van der Waals surface area contributed by atoms with Crippen molar-refractivity contribution in [1.82, 2.24) is 4.72 Å². The van der Waals surface area contributed by atoms with Gasteiger partial charge >= 0.3 is 0 Å². The van der Waals surface area contributed by atoms with Crippen LogP contribution in [0.5, 0.6) is 0 Å². The molecule has 0 aliphatic carbocycles. The van der Waals surface area contributed by atoms with Gasteiger partial charge in [-0.25, -0.2) is 8.42 Å². The predicted octanol–water partition coefficient (Wildman–Crippen LogP) is 3.45. The average molecular weight is 349 g/mol. The lowest BCUT2D eigenvalue weighted by Gasteiger charge is -2.18. The van der Waals surface area contributed by atoms with E-state index in [-0.39, 0.29) is 4.90 Å². The van der Waals surface area contributed by atoms with E-state index in [1.54, 1.807) is 24.3 Å². The van der Waals surface area contributed by atoms with Crippen LogP contribution in [-0.2, 0) is 10.0 Å². The number of rotatable bonds is 5. The summed E-state index contributed by atoms with van der Waals surface area (Å²) in [5, 5.41) is 8.53. The Bertz CT molecular complexity index is 809. The molecule has 0 amide bonds. The smallest absolute Gasteiger partial charge is 0.207 e. The molecule has 2 aromatic carbocycles. The largest absolute Gasteiger partial charge is 0.241 e. The molecule has 4 nitrogen and oxygen atoms in total. The molecule has 0 aliphatic rings.